The van der Waals surface area contributed by atoms with Crippen molar-refractivity contribution in [3.05, 3.63) is 58.1 Å². The van der Waals surface area contributed by atoms with Crippen molar-refractivity contribution >= 4 is 16.9 Å². The maximum absolute atomic E-state index is 14.8. The first kappa shape index (κ1) is 18.1. The number of rotatable bonds is 4. The minimum absolute atomic E-state index is 0.163. The molecule has 2 aliphatic heterocycles. The van der Waals surface area contributed by atoms with Crippen molar-refractivity contribution in [2.45, 2.75) is 31.6 Å². The van der Waals surface area contributed by atoms with Gasteiger partial charge in [-0.1, -0.05) is 30.1 Å². The van der Waals surface area contributed by atoms with Gasteiger partial charge in [-0.3, -0.25) is 4.79 Å². The normalized spacial score (nSPS) is 25.4. The first-order valence-electron chi connectivity index (χ1n) is 9.23. The molecule has 1 saturated heterocycles. The van der Waals surface area contributed by atoms with Crippen molar-refractivity contribution in [2.75, 3.05) is 0 Å². The number of pyridine rings is 1. The molecule has 8 nitrogen and oxygen atoms in total. The van der Waals surface area contributed by atoms with E-state index in [1.54, 1.807) is 12.4 Å². The molecule has 0 spiro atoms. The molecule has 2 unspecified atom stereocenters. The number of nitrogens with zero attached hydrogens (tertiary/aromatic N) is 5. The van der Waals surface area contributed by atoms with E-state index in [-0.39, 0.29) is 23.4 Å². The highest BCUT2D eigenvalue weighted by molar-refractivity contribution is 7.15. The van der Waals surface area contributed by atoms with Crippen molar-refractivity contribution in [2.24, 2.45) is 5.92 Å². The van der Waals surface area contributed by atoms with E-state index in [1.807, 2.05) is 19.1 Å². The lowest BCUT2D eigenvalue weighted by atomic mass is 9.85. The van der Waals surface area contributed by atoms with E-state index in [4.69, 9.17) is 0 Å². The fraction of sp³-hybridized carbons (Fsp3) is 0.316. The van der Waals surface area contributed by atoms with Crippen molar-refractivity contribution in [1.82, 2.24) is 35.5 Å². The highest BCUT2D eigenvalue weighted by Gasteiger charge is 2.41. The van der Waals surface area contributed by atoms with E-state index in [0.29, 0.717) is 33.4 Å². The highest BCUT2D eigenvalue weighted by atomic mass is 32.1. The van der Waals surface area contributed by atoms with Crippen molar-refractivity contribution < 1.29 is 4.39 Å². The van der Waals surface area contributed by atoms with Gasteiger partial charge in [-0.25, -0.2) is 4.39 Å². The molecule has 4 atom stereocenters. The third-order valence-corrected chi connectivity index (χ3v) is 6.32. The number of alkyl halides is 1. The van der Waals surface area contributed by atoms with Crippen molar-refractivity contribution in [1.29, 1.82) is 0 Å². The lowest BCUT2D eigenvalue weighted by Gasteiger charge is -2.33. The number of hydrogen-bond donors (Lipinski definition) is 2. The number of allylic oxidation sites excluding steroid dienone is 1. The number of aromatic amines is 1. The van der Waals surface area contributed by atoms with Gasteiger partial charge in [0.15, 0.2) is 16.3 Å². The molecule has 5 rings (SSSR count). The average molecular weight is 411 g/mol. The first-order valence-corrected chi connectivity index (χ1v) is 10.0. The molecule has 29 heavy (non-hydrogen) atoms. The summed E-state index contributed by atoms with van der Waals surface area (Å²) in [4.78, 5) is 17.0. The fourth-order valence-electron chi connectivity index (χ4n) is 3.76. The molecular formula is C19H18FN7OS. The molecule has 0 amide bonds. The Kier molecular flexibility index (Phi) is 4.25. The maximum Gasteiger partial charge on any atom is 0.194 e. The standard InChI is InChI=1S/C19H18FN7OS/c1-9-7-22-27(26-9)16-6-15(28)13(8-21-16)19-25-24-18(29-19)10(2)12-5-11-3-4-14(23-11)17(12)20/h3-4,6-8,11-12,14,17,23H,2,5H2,1H3,(H,21,28)/t11?,12-,14?,17-/m1/s1. The molecule has 0 aromatic carbocycles. The molecule has 0 saturated carbocycles. The summed E-state index contributed by atoms with van der Waals surface area (Å²) in [6.07, 6.45) is 6.63. The van der Waals surface area contributed by atoms with Crippen LogP contribution in [0, 0.1) is 12.8 Å². The Labute approximate surface area is 169 Å². The van der Waals surface area contributed by atoms with Crippen LogP contribution in [0.4, 0.5) is 4.39 Å². The van der Waals surface area contributed by atoms with E-state index in [2.05, 4.69) is 37.3 Å². The third kappa shape index (κ3) is 3.14. The predicted octanol–water partition coefficient (Wildman–Crippen LogP) is 2.05. The Hall–Kier alpha value is -2.98. The maximum atomic E-state index is 14.8. The van der Waals surface area contributed by atoms with E-state index in [1.165, 1.54) is 22.2 Å². The SMILES string of the molecule is C=C(c1nnc(-c2c[nH]c(-n3ncc(C)n3)cc2=O)s1)[C@H]1CC2C=CC(N2)[C@@H]1F. The molecule has 2 N–H and O–H groups in total. The summed E-state index contributed by atoms with van der Waals surface area (Å²) in [6, 6.07) is 1.30. The van der Waals surface area contributed by atoms with Gasteiger partial charge >= 0.3 is 0 Å². The van der Waals surface area contributed by atoms with Crippen LogP contribution in [0.1, 0.15) is 17.1 Å². The Morgan fingerprint density at radius 1 is 1.38 bits per heavy atom. The molecule has 0 aliphatic carbocycles. The molecule has 3 aromatic heterocycles. The van der Waals surface area contributed by atoms with Gasteiger partial charge < -0.3 is 10.3 Å². The second kappa shape index (κ2) is 6.82. The second-order valence-corrected chi connectivity index (χ2v) is 8.26. The summed E-state index contributed by atoms with van der Waals surface area (Å²) in [7, 11) is 0. The predicted molar refractivity (Wildman–Crippen MR) is 108 cm³/mol. The number of piperidine rings is 1. The molecule has 1 fully saturated rings. The van der Waals surface area contributed by atoms with Gasteiger partial charge in [0.1, 0.15) is 11.2 Å². The van der Waals surface area contributed by atoms with Gasteiger partial charge in [0.05, 0.1) is 23.5 Å². The molecule has 0 radical (unpaired) electrons. The summed E-state index contributed by atoms with van der Waals surface area (Å²) in [6.45, 7) is 5.90. The first-order chi connectivity index (χ1) is 14.0. The summed E-state index contributed by atoms with van der Waals surface area (Å²) in [5.74, 6) is 0.135. The van der Waals surface area contributed by atoms with Crippen LogP contribution in [0.15, 0.2) is 42.0 Å². The lowest BCUT2D eigenvalue weighted by molar-refractivity contribution is 0.179. The van der Waals surface area contributed by atoms with E-state index in [0.717, 1.165) is 5.69 Å². The zero-order valence-electron chi connectivity index (χ0n) is 15.5. The number of nitrogens with one attached hydrogen (secondary N) is 2. The molecule has 148 valence electrons. The van der Waals surface area contributed by atoms with Crippen LogP contribution in [0.5, 0.6) is 0 Å². The van der Waals surface area contributed by atoms with Gasteiger partial charge in [-0.05, 0) is 18.9 Å². The van der Waals surface area contributed by atoms with Gasteiger partial charge in [-0.15, -0.1) is 15.0 Å². The monoisotopic (exact) mass is 411 g/mol. The number of aryl methyl sites for hydroxylation is 1. The molecule has 3 aromatic rings. The van der Waals surface area contributed by atoms with Crippen molar-refractivity contribution in [3.8, 4) is 16.4 Å². The van der Waals surface area contributed by atoms with Crippen LogP contribution in [-0.4, -0.2) is 48.4 Å². The fourth-order valence-corrected chi connectivity index (χ4v) is 4.66. The van der Waals surface area contributed by atoms with E-state index in [9.17, 15) is 9.18 Å². The summed E-state index contributed by atoms with van der Waals surface area (Å²) in [5.41, 5.74) is 1.54. The van der Waals surface area contributed by atoms with E-state index >= 15 is 0 Å². The average Bonchev–Trinajstić information content (AvgIpc) is 3.44. The van der Waals surface area contributed by atoms with Crippen LogP contribution in [0.25, 0.3) is 22.0 Å². The Morgan fingerprint density at radius 3 is 3.00 bits per heavy atom. The van der Waals surface area contributed by atoms with Gasteiger partial charge in [-0.2, -0.15) is 10.2 Å². The molecular weight excluding hydrogens is 393 g/mol. The van der Waals surface area contributed by atoms with Crippen LogP contribution in [0.2, 0.25) is 0 Å². The van der Waals surface area contributed by atoms with Gasteiger partial charge in [0.25, 0.3) is 0 Å². The minimum Gasteiger partial charge on any atom is -0.344 e. The third-order valence-electron chi connectivity index (χ3n) is 5.29. The smallest absolute Gasteiger partial charge is 0.194 e. The topological polar surface area (TPSA) is 101 Å². The Bertz CT molecular complexity index is 1180. The summed E-state index contributed by atoms with van der Waals surface area (Å²) in [5, 5.41) is 20.8. The number of aromatic nitrogens is 6. The molecule has 2 bridgehead atoms. The number of H-pyrrole nitrogens is 1. The molecule has 2 aliphatic rings. The number of fused-ring (bicyclic) bond motifs is 2. The quantitative estimate of drug-likeness (QED) is 0.637. The van der Waals surface area contributed by atoms with Crippen LogP contribution >= 0.6 is 11.3 Å². The van der Waals surface area contributed by atoms with Crippen LogP contribution in [0.3, 0.4) is 0 Å². The zero-order chi connectivity index (χ0) is 20.1. The summed E-state index contributed by atoms with van der Waals surface area (Å²) >= 11 is 1.25. The highest BCUT2D eigenvalue weighted by Crippen LogP contribution is 2.39. The number of hydrogen-bond acceptors (Lipinski definition) is 7. The largest absolute Gasteiger partial charge is 0.344 e. The molecule has 5 heterocycles. The number of halogens is 1. The Morgan fingerprint density at radius 2 is 2.24 bits per heavy atom. The Balaban J connectivity index is 1.40. The lowest BCUT2D eigenvalue weighted by Crippen LogP contribution is -2.47. The summed E-state index contributed by atoms with van der Waals surface area (Å²) < 4.78 is 14.8. The minimum atomic E-state index is -1.06. The van der Waals surface area contributed by atoms with Crippen LogP contribution in [-0.2, 0) is 0 Å². The second-order valence-electron chi connectivity index (χ2n) is 7.28. The van der Waals surface area contributed by atoms with Gasteiger partial charge in [0.2, 0.25) is 0 Å². The zero-order valence-corrected chi connectivity index (χ0v) is 16.4. The van der Waals surface area contributed by atoms with E-state index < -0.39 is 6.17 Å². The van der Waals surface area contributed by atoms with Gasteiger partial charge in [0, 0.05) is 24.2 Å². The van der Waals surface area contributed by atoms with Crippen LogP contribution < -0.4 is 10.7 Å². The van der Waals surface area contributed by atoms with Crippen molar-refractivity contribution in [3.63, 3.8) is 0 Å². The molecule has 10 heteroatoms.